The van der Waals surface area contributed by atoms with Crippen molar-refractivity contribution in [2.75, 3.05) is 7.11 Å². The second-order valence-corrected chi connectivity index (χ2v) is 0. The van der Waals surface area contributed by atoms with Gasteiger partial charge in [0.05, 0.1) is 0 Å². The Morgan fingerprint density at radius 3 is 0.833 bits per heavy atom. The minimum Gasteiger partial charge on any atom is -0.400 e. The molecule has 0 heterocycles. The molecule has 2 heteroatoms. The zero-order valence-electron chi connectivity index (χ0n) is 4.95. The molecule has 0 aliphatic rings. The van der Waals surface area contributed by atoms with Crippen LogP contribution in [0, 0.1) is 22.3 Å². The summed E-state index contributed by atoms with van der Waals surface area (Å²) in [6.45, 7) is 0. The van der Waals surface area contributed by atoms with Crippen molar-refractivity contribution in [1.82, 2.24) is 0 Å². The van der Waals surface area contributed by atoms with Crippen molar-refractivity contribution in [3.63, 3.8) is 0 Å². The maximum absolute atomic E-state index is 7.00. The van der Waals surface area contributed by atoms with Crippen molar-refractivity contribution in [2.24, 2.45) is 0 Å². The first-order valence-corrected chi connectivity index (χ1v) is 0.447. The van der Waals surface area contributed by atoms with Gasteiger partial charge in [-0.15, -0.1) is 0 Å². The zero-order valence-corrected chi connectivity index (χ0v) is 6.51. The molecule has 0 amide bonds. The van der Waals surface area contributed by atoms with Crippen LogP contribution in [0.15, 0.2) is 0 Å². The number of aliphatic hydroxyl groups excluding tert-OH is 1. The predicted octanol–water partition coefficient (Wildman–Crippen LogP) is 0.957. The molecule has 0 saturated carbocycles. The van der Waals surface area contributed by atoms with Gasteiger partial charge in [0.1, 0.15) is 0 Å². The van der Waals surface area contributed by atoms with Crippen LogP contribution in [0.4, 0.5) is 0 Å². The number of aliphatic hydroxyl groups is 1. The first-order chi connectivity index (χ1) is 1.00. The quantitative estimate of drug-likeness (QED) is 0.377. The van der Waals surface area contributed by atoms with Gasteiger partial charge in [-0.3, -0.25) is 0 Å². The summed E-state index contributed by atoms with van der Waals surface area (Å²) < 4.78 is 0. The summed E-state index contributed by atoms with van der Waals surface area (Å²) in [6.07, 6.45) is 0. The second-order valence-electron chi connectivity index (χ2n) is 0. The molecule has 0 aromatic rings. The van der Waals surface area contributed by atoms with Gasteiger partial charge in [0.15, 0.2) is 0 Å². The van der Waals surface area contributed by atoms with E-state index in [9.17, 15) is 0 Å². The van der Waals surface area contributed by atoms with E-state index in [0.29, 0.717) is 0 Å². The van der Waals surface area contributed by atoms with E-state index in [2.05, 4.69) is 0 Å². The molecule has 0 atom stereocenters. The molecule has 0 aromatic heterocycles. The Bertz CT molecular complexity index is 7.51. The third kappa shape index (κ3) is 139. The fraction of sp³-hybridized carbons (Fsp3) is 0.250. The monoisotopic (exact) mass is 125 g/mol. The van der Waals surface area contributed by atoms with E-state index in [1.165, 1.54) is 0 Å². The molecule has 0 fully saturated rings. The molecule has 0 rings (SSSR count). The first-order valence-electron chi connectivity index (χ1n) is 0.447. The van der Waals surface area contributed by atoms with Crippen LogP contribution in [0.2, 0.25) is 0 Å². The standard InChI is InChI=1S/CH4O.3CH3.Ti/c1-2;;;;/h2H,1H3;3*1H3;/q;3*-1;+3. The van der Waals surface area contributed by atoms with Crippen molar-refractivity contribution in [2.45, 2.75) is 0 Å². The summed E-state index contributed by atoms with van der Waals surface area (Å²) in [7, 11) is 1.00. The van der Waals surface area contributed by atoms with E-state index in [4.69, 9.17) is 5.11 Å². The normalized spacial score (nSPS) is 1.00. The van der Waals surface area contributed by atoms with E-state index in [1.54, 1.807) is 0 Å². The van der Waals surface area contributed by atoms with Crippen LogP contribution < -0.4 is 0 Å². The summed E-state index contributed by atoms with van der Waals surface area (Å²) in [4.78, 5) is 0. The van der Waals surface area contributed by atoms with Crippen LogP contribution in [0.1, 0.15) is 0 Å². The third-order valence-corrected chi connectivity index (χ3v) is 0. The van der Waals surface area contributed by atoms with Crippen LogP contribution in [-0.2, 0) is 21.7 Å². The summed E-state index contributed by atoms with van der Waals surface area (Å²) in [5.74, 6) is 0. The first kappa shape index (κ1) is 76.7. The summed E-state index contributed by atoms with van der Waals surface area (Å²) in [6, 6.07) is 0. The van der Waals surface area contributed by atoms with Gasteiger partial charge in [-0.2, -0.15) is 0 Å². The molecule has 1 N–H and O–H groups in total. The molecule has 0 aromatic carbocycles. The maximum atomic E-state index is 7.00. The SMILES string of the molecule is CO.[CH3-].[CH3-].[CH3-].[Ti+3]. The van der Waals surface area contributed by atoms with Crippen molar-refractivity contribution >= 4 is 0 Å². The average Bonchev–Trinajstić information content (AvgIpc) is 1.00. The molecule has 0 saturated heterocycles. The smallest absolute Gasteiger partial charge is 0.400 e. The average molecular weight is 125 g/mol. The molecule has 0 aliphatic heterocycles. The Labute approximate surface area is 56.7 Å². The van der Waals surface area contributed by atoms with Crippen LogP contribution in [0.3, 0.4) is 0 Å². The van der Waals surface area contributed by atoms with Crippen molar-refractivity contribution < 1.29 is 26.8 Å². The van der Waals surface area contributed by atoms with Crippen LogP contribution in [-0.4, -0.2) is 12.2 Å². The summed E-state index contributed by atoms with van der Waals surface area (Å²) >= 11 is 0. The molecule has 6 heavy (non-hydrogen) atoms. The van der Waals surface area contributed by atoms with Crippen LogP contribution in [0.5, 0.6) is 0 Å². The van der Waals surface area contributed by atoms with Gasteiger partial charge < -0.3 is 27.4 Å². The Morgan fingerprint density at radius 1 is 0.833 bits per heavy atom. The van der Waals surface area contributed by atoms with Gasteiger partial charge in [0, 0.05) is 7.11 Å². The molecule has 0 aliphatic carbocycles. The largest absolute Gasteiger partial charge is 3.00 e. The molecule has 0 unspecified atom stereocenters. The fourth-order valence-corrected chi connectivity index (χ4v) is 0. The van der Waals surface area contributed by atoms with E-state index >= 15 is 0 Å². The van der Waals surface area contributed by atoms with E-state index in [-0.39, 0.29) is 44.0 Å². The topological polar surface area (TPSA) is 20.2 Å². The van der Waals surface area contributed by atoms with Gasteiger partial charge in [-0.1, -0.05) is 0 Å². The molecule has 1 radical (unpaired) electrons. The summed E-state index contributed by atoms with van der Waals surface area (Å²) in [5.41, 5.74) is 0. The number of rotatable bonds is 0. The maximum Gasteiger partial charge on any atom is 3.00 e. The van der Waals surface area contributed by atoms with E-state index < -0.39 is 0 Å². The molecule has 39 valence electrons. The van der Waals surface area contributed by atoms with Gasteiger partial charge in [0.2, 0.25) is 0 Å². The second kappa shape index (κ2) is 273. The van der Waals surface area contributed by atoms with Gasteiger partial charge >= 0.3 is 21.7 Å². The molecule has 1 nitrogen and oxygen atoms in total. The van der Waals surface area contributed by atoms with E-state index in [1.807, 2.05) is 0 Å². The van der Waals surface area contributed by atoms with Crippen molar-refractivity contribution in [1.29, 1.82) is 0 Å². The minimum atomic E-state index is 0. The minimum absolute atomic E-state index is 0. The molecular formula is C4H13OTi. The Morgan fingerprint density at radius 2 is 0.833 bits per heavy atom. The summed E-state index contributed by atoms with van der Waals surface area (Å²) in [5, 5.41) is 7.00. The van der Waals surface area contributed by atoms with Gasteiger partial charge in [0.25, 0.3) is 0 Å². The third-order valence-electron chi connectivity index (χ3n) is 0. The molecule has 0 bridgehead atoms. The van der Waals surface area contributed by atoms with Crippen molar-refractivity contribution in [3.8, 4) is 0 Å². The number of hydrogen-bond acceptors (Lipinski definition) is 1. The molecule has 0 spiro atoms. The Balaban J connectivity index is -0.000000000833. The Hall–Kier alpha value is 0.674. The number of hydrogen-bond donors (Lipinski definition) is 1. The van der Waals surface area contributed by atoms with Crippen molar-refractivity contribution in [3.05, 3.63) is 22.3 Å². The Kier molecular flexibility index (Phi) is 3480. The van der Waals surface area contributed by atoms with Crippen LogP contribution >= 0.6 is 0 Å². The van der Waals surface area contributed by atoms with E-state index in [0.717, 1.165) is 7.11 Å². The van der Waals surface area contributed by atoms with Gasteiger partial charge in [-0.05, 0) is 0 Å². The zero-order chi connectivity index (χ0) is 2.00. The van der Waals surface area contributed by atoms with Crippen LogP contribution in [0.25, 0.3) is 0 Å². The predicted molar refractivity (Wildman–Crippen MR) is 27.4 cm³/mol. The molecular weight excluding hydrogens is 112 g/mol. The fourth-order valence-electron chi connectivity index (χ4n) is 0. The van der Waals surface area contributed by atoms with Gasteiger partial charge in [-0.25, -0.2) is 0 Å².